The first-order valence-corrected chi connectivity index (χ1v) is 5.42. The van der Waals surface area contributed by atoms with Gasteiger partial charge in [-0.3, -0.25) is 0 Å². The van der Waals surface area contributed by atoms with Crippen molar-refractivity contribution in [2.24, 2.45) is 5.73 Å². The average molecular weight is 202 g/mol. The predicted molar refractivity (Wildman–Crippen MR) is 65.3 cm³/mol. The van der Waals surface area contributed by atoms with Gasteiger partial charge in [-0.25, -0.2) is 0 Å². The Morgan fingerprint density at radius 2 is 1.93 bits per heavy atom. The highest BCUT2D eigenvalue weighted by molar-refractivity contribution is 5.87. The van der Waals surface area contributed by atoms with Gasteiger partial charge in [0.15, 0.2) is 0 Å². The van der Waals surface area contributed by atoms with Crippen molar-refractivity contribution in [3.05, 3.63) is 34.5 Å². The van der Waals surface area contributed by atoms with Crippen LogP contribution in [0.4, 0.5) is 0 Å². The van der Waals surface area contributed by atoms with E-state index in [1.54, 1.807) is 0 Å². The third-order valence-electron chi connectivity index (χ3n) is 3.01. The molecule has 80 valence electrons. The van der Waals surface area contributed by atoms with Crippen LogP contribution in [-0.4, -0.2) is 11.5 Å². The minimum absolute atomic E-state index is 0.700. The number of aromatic nitrogens is 1. The lowest BCUT2D eigenvalue weighted by Gasteiger charge is -1.99. The summed E-state index contributed by atoms with van der Waals surface area (Å²) in [5, 5.41) is 1.34. The number of H-pyrrole nitrogens is 1. The molecule has 3 N–H and O–H groups in total. The van der Waals surface area contributed by atoms with Crippen LogP contribution >= 0.6 is 0 Å². The molecule has 0 amide bonds. The molecule has 0 spiro atoms. The van der Waals surface area contributed by atoms with Crippen molar-refractivity contribution >= 4 is 10.9 Å². The highest BCUT2D eigenvalue weighted by Crippen LogP contribution is 2.25. The second kappa shape index (κ2) is 3.70. The van der Waals surface area contributed by atoms with Crippen molar-refractivity contribution in [3.63, 3.8) is 0 Å². The highest BCUT2D eigenvalue weighted by atomic mass is 14.7. The van der Waals surface area contributed by atoms with Gasteiger partial charge in [0, 0.05) is 23.0 Å². The van der Waals surface area contributed by atoms with Gasteiger partial charge >= 0.3 is 0 Å². The topological polar surface area (TPSA) is 41.8 Å². The Kier molecular flexibility index (Phi) is 2.53. The summed E-state index contributed by atoms with van der Waals surface area (Å²) >= 11 is 0. The molecule has 0 aliphatic rings. The lowest BCUT2D eigenvalue weighted by atomic mass is 10.1. The first-order valence-electron chi connectivity index (χ1n) is 5.42. The number of nitrogens with one attached hydrogen (secondary N) is 1. The number of rotatable bonds is 2. The van der Waals surface area contributed by atoms with Crippen molar-refractivity contribution in [2.45, 2.75) is 27.2 Å². The fourth-order valence-corrected chi connectivity index (χ4v) is 2.23. The molecule has 0 aliphatic carbocycles. The predicted octanol–water partition coefficient (Wildman–Crippen LogP) is 2.59. The largest absolute Gasteiger partial charge is 0.358 e. The summed E-state index contributed by atoms with van der Waals surface area (Å²) in [6.07, 6.45) is 0.930. The molecule has 2 rings (SSSR count). The van der Waals surface area contributed by atoms with Gasteiger partial charge in [0.1, 0.15) is 0 Å². The molecular formula is C13H18N2. The number of fused-ring (bicyclic) bond motifs is 1. The third kappa shape index (κ3) is 1.65. The van der Waals surface area contributed by atoms with E-state index in [2.05, 4.69) is 37.9 Å². The number of benzene rings is 1. The lowest BCUT2D eigenvalue weighted by molar-refractivity contribution is 0.929. The van der Waals surface area contributed by atoms with Crippen molar-refractivity contribution in [3.8, 4) is 0 Å². The average Bonchev–Trinajstić information content (AvgIpc) is 2.47. The highest BCUT2D eigenvalue weighted by Gasteiger charge is 2.08. The minimum Gasteiger partial charge on any atom is -0.358 e. The summed E-state index contributed by atoms with van der Waals surface area (Å²) in [6, 6.07) is 4.46. The van der Waals surface area contributed by atoms with E-state index in [1.165, 1.54) is 33.3 Å². The van der Waals surface area contributed by atoms with Crippen LogP contribution in [0.5, 0.6) is 0 Å². The maximum atomic E-state index is 5.60. The van der Waals surface area contributed by atoms with E-state index in [1.807, 2.05) is 0 Å². The molecule has 0 saturated carbocycles. The third-order valence-corrected chi connectivity index (χ3v) is 3.01. The summed E-state index contributed by atoms with van der Waals surface area (Å²) in [5.41, 5.74) is 12.1. The van der Waals surface area contributed by atoms with Crippen LogP contribution in [0.1, 0.15) is 22.4 Å². The molecule has 0 aliphatic heterocycles. The molecule has 0 unspecified atom stereocenters. The summed E-state index contributed by atoms with van der Waals surface area (Å²) in [7, 11) is 0. The van der Waals surface area contributed by atoms with Crippen LogP contribution in [0.2, 0.25) is 0 Å². The smallest absolute Gasteiger partial charge is 0.0488 e. The first-order chi connectivity index (χ1) is 7.13. The van der Waals surface area contributed by atoms with E-state index >= 15 is 0 Å². The monoisotopic (exact) mass is 202 g/mol. The molecule has 2 nitrogen and oxygen atoms in total. The minimum atomic E-state index is 0.700. The fraction of sp³-hybridized carbons (Fsp3) is 0.385. The number of aryl methyl sites for hydroxylation is 3. The second-order valence-corrected chi connectivity index (χ2v) is 4.27. The lowest BCUT2D eigenvalue weighted by Crippen LogP contribution is -2.03. The molecule has 0 bridgehead atoms. The molecule has 1 aromatic heterocycles. The van der Waals surface area contributed by atoms with Crippen molar-refractivity contribution in [2.75, 3.05) is 6.54 Å². The van der Waals surface area contributed by atoms with E-state index in [4.69, 9.17) is 5.73 Å². The second-order valence-electron chi connectivity index (χ2n) is 4.27. The Balaban J connectivity index is 2.70. The first kappa shape index (κ1) is 10.2. The van der Waals surface area contributed by atoms with Gasteiger partial charge in [-0.15, -0.1) is 0 Å². The summed E-state index contributed by atoms with van der Waals surface area (Å²) in [5.74, 6) is 0. The Morgan fingerprint density at radius 1 is 1.20 bits per heavy atom. The molecule has 0 fully saturated rings. The molecular weight excluding hydrogens is 184 g/mol. The maximum Gasteiger partial charge on any atom is 0.0488 e. The molecule has 15 heavy (non-hydrogen) atoms. The Morgan fingerprint density at radius 3 is 2.60 bits per heavy atom. The SMILES string of the molecule is Cc1cc(C)c2[nH]c(CCN)c(C)c2c1. The summed E-state index contributed by atoms with van der Waals surface area (Å²) < 4.78 is 0. The van der Waals surface area contributed by atoms with Gasteiger partial charge in [-0.2, -0.15) is 0 Å². The molecule has 0 radical (unpaired) electrons. The summed E-state index contributed by atoms with van der Waals surface area (Å²) in [4.78, 5) is 3.48. The van der Waals surface area contributed by atoms with Gasteiger partial charge in [0.2, 0.25) is 0 Å². The Labute approximate surface area is 90.5 Å². The van der Waals surface area contributed by atoms with E-state index in [9.17, 15) is 0 Å². The molecule has 1 heterocycles. The Bertz CT molecular complexity index is 495. The zero-order valence-corrected chi connectivity index (χ0v) is 9.65. The molecule has 2 heteroatoms. The van der Waals surface area contributed by atoms with E-state index in [-0.39, 0.29) is 0 Å². The quantitative estimate of drug-likeness (QED) is 0.772. The number of nitrogens with two attached hydrogens (primary N) is 1. The van der Waals surface area contributed by atoms with Gasteiger partial charge in [-0.05, 0) is 44.5 Å². The van der Waals surface area contributed by atoms with Gasteiger partial charge in [-0.1, -0.05) is 11.6 Å². The van der Waals surface area contributed by atoms with Crippen LogP contribution in [0.15, 0.2) is 12.1 Å². The maximum absolute atomic E-state index is 5.60. The van der Waals surface area contributed by atoms with Gasteiger partial charge < -0.3 is 10.7 Å². The molecule has 1 aromatic carbocycles. The number of hydrogen-bond donors (Lipinski definition) is 2. The van der Waals surface area contributed by atoms with Crippen LogP contribution < -0.4 is 5.73 Å². The molecule has 2 aromatic rings. The summed E-state index contributed by atoms with van der Waals surface area (Å²) in [6.45, 7) is 7.16. The van der Waals surface area contributed by atoms with E-state index in [0.29, 0.717) is 6.54 Å². The van der Waals surface area contributed by atoms with Crippen LogP contribution in [-0.2, 0) is 6.42 Å². The molecule has 0 saturated heterocycles. The zero-order chi connectivity index (χ0) is 11.0. The van der Waals surface area contributed by atoms with Crippen molar-refractivity contribution in [1.29, 1.82) is 0 Å². The number of hydrogen-bond acceptors (Lipinski definition) is 1. The number of aromatic amines is 1. The molecule has 0 atom stereocenters. The van der Waals surface area contributed by atoms with Gasteiger partial charge in [0.25, 0.3) is 0 Å². The normalized spacial score (nSPS) is 11.2. The van der Waals surface area contributed by atoms with Crippen LogP contribution in [0.3, 0.4) is 0 Å². The van der Waals surface area contributed by atoms with Crippen molar-refractivity contribution < 1.29 is 0 Å². The fourth-order valence-electron chi connectivity index (χ4n) is 2.23. The van der Waals surface area contributed by atoms with E-state index < -0.39 is 0 Å². The Hall–Kier alpha value is -1.28. The standard InChI is InChI=1S/C13H18N2/c1-8-6-9(2)13-11(7-8)10(3)12(15-13)4-5-14/h6-7,15H,4-5,14H2,1-3H3. The van der Waals surface area contributed by atoms with Crippen LogP contribution in [0, 0.1) is 20.8 Å². The van der Waals surface area contributed by atoms with E-state index in [0.717, 1.165) is 6.42 Å². The van der Waals surface area contributed by atoms with Crippen LogP contribution in [0.25, 0.3) is 10.9 Å². The van der Waals surface area contributed by atoms with Gasteiger partial charge in [0.05, 0.1) is 0 Å². The zero-order valence-electron chi connectivity index (χ0n) is 9.65. The van der Waals surface area contributed by atoms with Crippen molar-refractivity contribution in [1.82, 2.24) is 4.98 Å².